The molecule has 0 atom stereocenters. The average molecular weight is 396 g/mol. The molecule has 0 bridgehead atoms. The van der Waals surface area contributed by atoms with Gasteiger partial charge in [-0.1, -0.05) is 61.9 Å². The van der Waals surface area contributed by atoms with Gasteiger partial charge in [-0.25, -0.2) is 0 Å². The summed E-state index contributed by atoms with van der Waals surface area (Å²) in [4.78, 5) is 9.31. The number of hydrogen-bond donors (Lipinski definition) is 1. The number of amidine groups is 1. The van der Waals surface area contributed by atoms with Crippen LogP contribution in [0.15, 0.2) is 58.5 Å². The summed E-state index contributed by atoms with van der Waals surface area (Å²) in [7, 11) is 1.58. The molecule has 146 valence electrons. The van der Waals surface area contributed by atoms with Gasteiger partial charge in [0.1, 0.15) is 0 Å². The topological polar surface area (TPSA) is 60.0 Å². The minimum atomic E-state index is 0.322. The first kappa shape index (κ1) is 20.3. The lowest BCUT2D eigenvalue weighted by molar-refractivity contribution is 0.397. The van der Waals surface area contributed by atoms with E-state index < -0.39 is 0 Å². The summed E-state index contributed by atoms with van der Waals surface area (Å²) in [5.41, 5.74) is 11.8. The van der Waals surface area contributed by atoms with Gasteiger partial charge in [-0.2, -0.15) is 9.98 Å². The van der Waals surface area contributed by atoms with E-state index in [0.717, 1.165) is 40.9 Å². The van der Waals surface area contributed by atoms with Gasteiger partial charge in [0.15, 0.2) is 0 Å². The quantitative estimate of drug-likeness (QED) is 0.737. The van der Waals surface area contributed by atoms with E-state index in [2.05, 4.69) is 54.2 Å². The van der Waals surface area contributed by atoms with Crippen LogP contribution in [0.4, 0.5) is 0 Å². The van der Waals surface area contributed by atoms with Crippen LogP contribution >= 0.6 is 11.6 Å². The van der Waals surface area contributed by atoms with E-state index in [4.69, 9.17) is 22.1 Å². The van der Waals surface area contributed by atoms with Gasteiger partial charge in [0.2, 0.25) is 0 Å². The highest BCUT2D eigenvalue weighted by Gasteiger charge is 2.14. The third kappa shape index (κ3) is 4.70. The highest BCUT2D eigenvalue weighted by atomic mass is 35.5. The molecule has 4 nitrogen and oxygen atoms in total. The van der Waals surface area contributed by atoms with Crippen LogP contribution in [0.2, 0.25) is 5.02 Å². The summed E-state index contributed by atoms with van der Waals surface area (Å²) in [6.07, 6.45) is 3.68. The van der Waals surface area contributed by atoms with Crippen LogP contribution in [0.5, 0.6) is 0 Å². The maximum atomic E-state index is 6.41. The molecule has 3 rings (SSSR count). The molecule has 1 aliphatic heterocycles. The number of rotatable bonds is 4. The number of benzene rings is 2. The zero-order valence-corrected chi connectivity index (χ0v) is 17.3. The average Bonchev–Trinajstić information content (AvgIpc) is 2.69. The second kappa shape index (κ2) is 9.18. The Labute approximate surface area is 171 Å². The number of ether oxygens (including phenoxy) is 1. The van der Waals surface area contributed by atoms with E-state index in [-0.39, 0.29) is 0 Å². The largest absolute Gasteiger partial charge is 0.467 e. The molecule has 2 aromatic carbocycles. The fraction of sp³-hybridized carbons (Fsp3) is 0.304. The molecule has 0 unspecified atom stereocenters. The lowest BCUT2D eigenvalue weighted by atomic mass is 9.98. The van der Waals surface area contributed by atoms with Crippen LogP contribution in [0.25, 0.3) is 5.70 Å². The zero-order valence-electron chi connectivity index (χ0n) is 16.6. The van der Waals surface area contributed by atoms with Gasteiger partial charge < -0.3 is 10.5 Å². The molecule has 0 aromatic heterocycles. The predicted molar refractivity (Wildman–Crippen MR) is 118 cm³/mol. The van der Waals surface area contributed by atoms with E-state index >= 15 is 0 Å². The van der Waals surface area contributed by atoms with Gasteiger partial charge in [-0.15, -0.1) is 0 Å². The third-order valence-electron chi connectivity index (χ3n) is 4.80. The van der Waals surface area contributed by atoms with Crippen molar-refractivity contribution in [1.29, 1.82) is 0 Å². The molecule has 0 fully saturated rings. The van der Waals surface area contributed by atoms with Crippen LogP contribution in [-0.4, -0.2) is 18.8 Å². The highest BCUT2D eigenvalue weighted by molar-refractivity contribution is 6.32. The van der Waals surface area contributed by atoms with Gasteiger partial charge in [0.05, 0.1) is 18.5 Å². The highest BCUT2D eigenvalue weighted by Crippen LogP contribution is 2.28. The molecule has 0 saturated carbocycles. The summed E-state index contributed by atoms with van der Waals surface area (Å²) in [5.74, 6) is 0.504. The Morgan fingerprint density at radius 3 is 2.50 bits per heavy atom. The van der Waals surface area contributed by atoms with E-state index in [9.17, 15) is 0 Å². The summed E-state index contributed by atoms with van der Waals surface area (Å²) in [6.45, 7) is 4.83. The Bertz CT molecular complexity index is 927. The first-order valence-corrected chi connectivity index (χ1v) is 9.89. The number of hydrogen-bond acceptors (Lipinski definition) is 4. The van der Waals surface area contributed by atoms with Crippen molar-refractivity contribution < 1.29 is 4.74 Å². The molecule has 2 aromatic rings. The number of nitrogens with zero attached hydrogens (tertiary/aromatic N) is 2. The first-order chi connectivity index (χ1) is 13.5. The molecule has 28 heavy (non-hydrogen) atoms. The van der Waals surface area contributed by atoms with Gasteiger partial charge in [-0.05, 0) is 47.6 Å². The fourth-order valence-electron chi connectivity index (χ4n) is 3.12. The van der Waals surface area contributed by atoms with Gasteiger partial charge in [-0.3, -0.25) is 0 Å². The van der Waals surface area contributed by atoms with E-state index in [1.165, 1.54) is 5.56 Å². The standard InChI is InChI=1S/C23H26ClN3O/c1-15(2)17-8-10-18(11-9-17)21-5-4-6-22(27-23(26-21)28-3)19-13-16(14-25)7-12-20(19)24/h6-13,15H,4-5,14,25H2,1-3H3/b22-6+,26-21?,27-23?. The molecule has 0 amide bonds. The molecular formula is C23H26ClN3O. The van der Waals surface area contributed by atoms with Crippen molar-refractivity contribution in [1.82, 2.24) is 0 Å². The second-order valence-electron chi connectivity index (χ2n) is 7.08. The SMILES string of the molecule is COC1=N/C(c2cc(CN)ccc2Cl)=C/CCC(c2ccc(C(C)C)cc2)=N1. The maximum Gasteiger partial charge on any atom is 0.316 e. The van der Waals surface area contributed by atoms with Gasteiger partial charge in [0, 0.05) is 17.1 Å². The lowest BCUT2D eigenvalue weighted by Gasteiger charge is -2.14. The molecule has 2 N–H and O–H groups in total. The van der Waals surface area contributed by atoms with Crippen molar-refractivity contribution in [3.05, 3.63) is 75.8 Å². The van der Waals surface area contributed by atoms with Crippen molar-refractivity contribution in [2.75, 3.05) is 7.11 Å². The Hall–Kier alpha value is -2.43. The summed E-state index contributed by atoms with van der Waals surface area (Å²) < 4.78 is 5.44. The van der Waals surface area contributed by atoms with Crippen molar-refractivity contribution in [2.45, 2.75) is 39.2 Å². The Morgan fingerprint density at radius 2 is 1.86 bits per heavy atom. The number of allylic oxidation sites excluding steroid dienone is 1. The lowest BCUT2D eigenvalue weighted by Crippen LogP contribution is -2.09. The third-order valence-corrected chi connectivity index (χ3v) is 5.13. The molecule has 0 saturated heterocycles. The van der Waals surface area contributed by atoms with Gasteiger partial charge >= 0.3 is 6.02 Å². The number of nitrogens with two attached hydrogens (primary N) is 1. The van der Waals surface area contributed by atoms with E-state index in [0.29, 0.717) is 23.5 Å². The summed E-state index contributed by atoms with van der Waals surface area (Å²) in [6, 6.07) is 14.6. The molecule has 1 aliphatic rings. The molecule has 0 aliphatic carbocycles. The summed E-state index contributed by atoms with van der Waals surface area (Å²) in [5, 5.41) is 0.636. The zero-order chi connectivity index (χ0) is 20.1. The molecular weight excluding hydrogens is 370 g/mol. The normalized spacial score (nSPS) is 16.6. The maximum absolute atomic E-state index is 6.41. The number of halogens is 1. The smallest absolute Gasteiger partial charge is 0.316 e. The van der Waals surface area contributed by atoms with Crippen LogP contribution in [-0.2, 0) is 11.3 Å². The molecule has 1 heterocycles. The van der Waals surface area contributed by atoms with Crippen molar-refractivity contribution >= 4 is 29.0 Å². The fourth-order valence-corrected chi connectivity index (χ4v) is 3.33. The van der Waals surface area contributed by atoms with E-state index in [1.54, 1.807) is 7.11 Å². The molecule has 0 spiro atoms. The van der Waals surface area contributed by atoms with Crippen LogP contribution < -0.4 is 5.73 Å². The van der Waals surface area contributed by atoms with Crippen molar-refractivity contribution in [3.8, 4) is 0 Å². The molecule has 0 radical (unpaired) electrons. The van der Waals surface area contributed by atoms with Crippen LogP contribution in [0, 0.1) is 0 Å². The van der Waals surface area contributed by atoms with Crippen molar-refractivity contribution in [3.63, 3.8) is 0 Å². The summed E-state index contributed by atoms with van der Waals surface area (Å²) >= 11 is 6.41. The minimum absolute atomic E-state index is 0.322. The van der Waals surface area contributed by atoms with Crippen LogP contribution in [0.3, 0.4) is 0 Å². The van der Waals surface area contributed by atoms with Gasteiger partial charge in [0.25, 0.3) is 0 Å². The Morgan fingerprint density at radius 1 is 1.11 bits per heavy atom. The molecule has 5 heteroatoms. The Kier molecular flexibility index (Phi) is 6.65. The number of methoxy groups -OCH3 is 1. The Balaban J connectivity index is 1.96. The first-order valence-electron chi connectivity index (χ1n) is 9.51. The van der Waals surface area contributed by atoms with Crippen LogP contribution in [0.1, 0.15) is 54.9 Å². The monoisotopic (exact) mass is 395 g/mol. The second-order valence-corrected chi connectivity index (χ2v) is 7.49. The van der Waals surface area contributed by atoms with Crippen molar-refractivity contribution in [2.24, 2.45) is 15.7 Å². The van der Waals surface area contributed by atoms with E-state index in [1.807, 2.05) is 18.2 Å². The minimum Gasteiger partial charge on any atom is -0.467 e. The number of aliphatic imine (C=N–C) groups is 2. The predicted octanol–water partition coefficient (Wildman–Crippen LogP) is 5.55.